The van der Waals surface area contributed by atoms with Gasteiger partial charge >= 0.3 is 0 Å². The first-order valence-corrected chi connectivity index (χ1v) is 3.10. The number of aryl methyl sites for hydroxylation is 2. The van der Waals surface area contributed by atoms with Crippen LogP contribution in [0.1, 0.15) is 17.0 Å². The lowest BCUT2D eigenvalue weighted by Gasteiger charge is -1.89. The van der Waals surface area contributed by atoms with Gasteiger partial charge in [-0.1, -0.05) is 5.16 Å². The molecule has 10 heavy (non-hydrogen) atoms. The lowest BCUT2D eigenvalue weighted by Crippen LogP contribution is -1.83. The Balaban J connectivity index is 2.97. The Bertz CT molecular complexity index is 220. The van der Waals surface area contributed by atoms with Crippen molar-refractivity contribution in [3.05, 3.63) is 17.0 Å². The van der Waals surface area contributed by atoms with E-state index in [0.717, 1.165) is 17.0 Å². The maximum absolute atomic E-state index is 4.91. The highest BCUT2D eigenvalue weighted by atomic mass is 16.5. The number of hydrogen-bond acceptors (Lipinski definition) is 3. The van der Waals surface area contributed by atoms with Crippen LogP contribution >= 0.6 is 0 Å². The van der Waals surface area contributed by atoms with Crippen molar-refractivity contribution >= 4 is 6.72 Å². The Morgan fingerprint density at radius 3 is 2.70 bits per heavy atom. The van der Waals surface area contributed by atoms with Gasteiger partial charge in [0.25, 0.3) is 0 Å². The van der Waals surface area contributed by atoms with Crippen molar-refractivity contribution in [2.45, 2.75) is 20.4 Å². The smallest absolute Gasteiger partial charge is 0.138 e. The van der Waals surface area contributed by atoms with E-state index in [1.807, 2.05) is 13.8 Å². The standard InChI is InChI=1S/C7H10N2O/c1-5-7(4-8-3)6(2)10-9-5/h3-4H2,1-2H3. The van der Waals surface area contributed by atoms with Gasteiger partial charge in [0.2, 0.25) is 0 Å². The molecule has 0 radical (unpaired) electrons. The van der Waals surface area contributed by atoms with E-state index in [1.54, 1.807) is 0 Å². The maximum Gasteiger partial charge on any atom is 0.138 e. The summed E-state index contributed by atoms with van der Waals surface area (Å²) in [6, 6.07) is 0. The minimum absolute atomic E-state index is 0.598. The molecule has 0 saturated carbocycles. The van der Waals surface area contributed by atoms with Crippen LogP contribution in [0.15, 0.2) is 9.52 Å². The summed E-state index contributed by atoms with van der Waals surface area (Å²) in [5, 5.41) is 3.77. The van der Waals surface area contributed by atoms with Crippen LogP contribution in [0.4, 0.5) is 0 Å². The topological polar surface area (TPSA) is 38.4 Å². The van der Waals surface area contributed by atoms with E-state index in [9.17, 15) is 0 Å². The third-order valence-corrected chi connectivity index (χ3v) is 1.45. The summed E-state index contributed by atoms with van der Waals surface area (Å²) in [6.07, 6.45) is 0. The lowest BCUT2D eigenvalue weighted by molar-refractivity contribution is 0.392. The highest BCUT2D eigenvalue weighted by Crippen LogP contribution is 2.12. The Hall–Kier alpha value is -1.12. The molecule has 0 N–H and O–H groups in total. The van der Waals surface area contributed by atoms with E-state index in [4.69, 9.17) is 4.52 Å². The first-order chi connectivity index (χ1) is 4.75. The zero-order valence-corrected chi connectivity index (χ0v) is 6.22. The van der Waals surface area contributed by atoms with Gasteiger partial charge in [0.15, 0.2) is 0 Å². The van der Waals surface area contributed by atoms with Crippen LogP contribution in [-0.4, -0.2) is 11.9 Å². The Labute approximate surface area is 59.8 Å². The second-order valence-electron chi connectivity index (χ2n) is 2.18. The average molecular weight is 138 g/mol. The van der Waals surface area contributed by atoms with Crippen molar-refractivity contribution in [3.63, 3.8) is 0 Å². The van der Waals surface area contributed by atoms with E-state index >= 15 is 0 Å². The fourth-order valence-corrected chi connectivity index (χ4v) is 0.839. The number of aliphatic imine (C=N–C) groups is 1. The SMILES string of the molecule is C=NCc1c(C)noc1C. The number of nitrogens with zero attached hydrogens (tertiary/aromatic N) is 2. The number of hydrogen-bond donors (Lipinski definition) is 0. The van der Waals surface area contributed by atoms with Gasteiger partial charge in [-0.05, 0) is 20.6 Å². The largest absolute Gasteiger partial charge is 0.361 e. The van der Waals surface area contributed by atoms with Crippen LogP contribution in [0.5, 0.6) is 0 Å². The lowest BCUT2D eigenvalue weighted by atomic mass is 10.2. The summed E-state index contributed by atoms with van der Waals surface area (Å²) in [4.78, 5) is 3.75. The number of aromatic nitrogens is 1. The minimum atomic E-state index is 0.598. The fourth-order valence-electron chi connectivity index (χ4n) is 0.839. The molecule has 0 aliphatic rings. The first-order valence-electron chi connectivity index (χ1n) is 3.10. The summed E-state index contributed by atoms with van der Waals surface area (Å²) < 4.78 is 4.91. The number of rotatable bonds is 2. The molecule has 0 spiro atoms. The van der Waals surface area contributed by atoms with E-state index in [1.165, 1.54) is 0 Å². The molecule has 0 fully saturated rings. The van der Waals surface area contributed by atoms with Crippen LogP contribution < -0.4 is 0 Å². The van der Waals surface area contributed by atoms with Gasteiger partial charge in [-0.25, -0.2) is 0 Å². The van der Waals surface area contributed by atoms with Gasteiger partial charge in [0.05, 0.1) is 12.2 Å². The molecule has 1 aromatic rings. The molecule has 0 amide bonds. The van der Waals surface area contributed by atoms with Crippen LogP contribution in [0.2, 0.25) is 0 Å². The molecule has 1 rings (SSSR count). The molecule has 54 valence electrons. The molecule has 0 aliphatic heterocycles. The predicted octanol–water partition coefficient (Wildman–Crippen LogP) is 1.49. The van der Waals surface area contributed by atoms with Crippen molar-refractivity contribution in [2.75, 3.05) is 0 Å². The van der Waals surface area contributed by atoms with Crippen molar-refractivity contribution < 1.29 is 4.52 Å². The Morgan fingerprint density at radius 2 is 2.30 bits per heavy atom. The van der Waals surface area contributed by atoms with Gasteiger partial charge in [0, 0.05) is 5.56 Å². The van der Waals surface area contributed by atoms with E-state index in [0.29, 0.717) is 6.54 Å². The summed E-state index contributed by atoms with van der Waals surface area (Å²) in [6.45, 7) is 7.77. The maximum atomic E-state index is 4.91. The van der Waals surface area contributed by atoms with Crippen molar-refractivity contribution in [3.8, 4) is 0 Å². The van der Waals surface area contributed by atoms with Crippen LogP contribution in [0.25, 0.3) is 0 Å². The monoisotopic (exact) mass is 138 g/mol. The molecule has 0 aliphatic carbocycles. The molecule has 0 aromatic carbocycles. The highest BCUT2D eigenvalue weighted by molar-refractivity contribution is 5.27. The molecular formula is C7H10N2O. The van der Waals surface area contributed by atoms with E-state index in [2.05, 4.69) is 16.9 Å². The van der Waals surface area contributed by atoms with Crippen LogP contribution in [0, 0.1) is 13.8 Å². The Morgan fingerprint density at radius 1 is 1.60 bits per heavy atom. The second kappa shape index (κ2) is 2.64. The van der Waals surface area contributed by atoms with Crippen LogP contribution in [-0.2, 0) is 6.54 Å². The van der Waals surface area contributed by atoms with Crippen molar-refractivity contribution in [1.82, 2.24) is 5.16 Å². The molecule has 3 nitrogen and oxygen atoms in total. The molecule has 0 saturated heterocycles. The second-order valence-corrected chi connectivity index (χ2v) is 2.18. The van der Waals surface area contributed by atoms with Gasteiger partial charge in [-0.15, -0.1) is 0 Å². The van der Waals surface area contributed by atoms with Gasteiger partial charge < -0.3 is 4.52 Å². The van der Waals surface area contributed by atoms with E-state index in [-0.39, 0.29) is 0 Å². The minimum Gasteiger partial charge on any atom is -0.361 e. The molecule has 1 aromatic heterocycles. The van der Waals surface area contributed by atoms with E-state index < -0.39 is 0 Å². The molecular weight excluding hydrogens is 128 g/mol. The fraction of sp³-hybridized carbons (Fsp3) is 0.429. The summed E-state index contributed by atoms with van der Waals surface area (Å²) in [5.41, 5.74) is 1.96. The highest BCUT2D eigenvalue weighted by Gasteiger charge is 2.05. The molecule has 3 heteroatoms. The normalized spacial score (nSPS) is 9.80. The summed E-state index contributed by atoms with van der Waals surface area (Å²) in [5.74, 6) is 0.838. The van der Waals surface area contributed by atoms with Crippen LogP contribution in [0.3, 0.4) is 0 Å². The van der Waals surface area contributed by atoms with Crippen molar-refractivity contribution in [2.24, 2.45) is 4.99 Å². The van der Waals surface area contributed by atoms with Gasteiger partial charge in [-0.2, -0.15) is 0 Å². The third-order valence-electron chi connectivity index (χ3n) is 1.45. The zero-order valence-electron chi connectivity index (χ0n) is 6.22. The summed E-state index contributed by atoms with van der Waals surface area (Å²) in [7, 11) is 0. The predicted molar refractivity (Wildman–Crippen MR) is 39.2 cm³/mol. The molecule has 1 heterocycles. The van der Waals surface area contributed by atoms with Crippen molar-refractivity contribution in [1.29, 1.82) is 0 Å². The molecule has 0 atom stereocenters. The third kappa shape index (κ3) is 1.07. The molecule has 0 unspecified atom stereocenters. The van der Waals surface area contributed by atoms with Gasteiger partial charge in [0.1, 0.15) is 5.76 Å². The Kier molecular flexibility index (Phi) is 1.85. The van der Waals surface area contributed by atoms with Gasteiger partial charge in [-0.3, -0.25) is 4.99 Å². The molecule has 0 bridgehead atoms. The quantitative estimate of drug-likeness (QED) is 0.581. The summed E-state index contributed by atoms with van der Waals surface area (Å²) >= 11 is 0. The zero-order chi connectivity index (χ0) is 7.56. The first kappa shape index (κ1) is 6.99. The average Bonchev–Trinajstić information content (AvgIpc) is 2.20.